The molecule has 3 aromatic rings. The number of aromatic nitrogens is 4. The molecule has 1 atom stereocenters. The second-order valence-corrected chi connectivity index (χ2v) is 7.90. The number of sulfonamides is 1. The van der Waals surface area contributed by atoms with E-state index in [1.807, 2.05) is 0 Å². The Balaban J connectivity index is 2.04. The number of anilines is 1. The molecular weight excluding hydrogens is 397 g/mol. The number of nitrogens with one attached hydrogen (secondary N) is 1. The molecule has 28 heavy (non-hydrogen) atoms. The van der Waals surface area contributed by atoms with Crippen molar-refractivity contribution in [3.63, 3.8) is 0 Å². The van der Waals surface area contributed by atoms with Crippen molar-refractivity contribution in [3.8, 4) is 0 Å². The monoisotopic (exact) mass is 414 g/mol. The molecule has 0 saturated heterocycles. The number of nitrogens with zero attached hydrogens (tertiary/aromatic N) is 4. The molecule has 3 rings (SSSR count). The highest BCUT2D eigenvalue weighted by atomic mass is 32.2. The highest BCUT2D eigenvalue weighted by molar-refractivity contribution is 7.89. The van der Waals surface area contributed by atoms with E-state index in [9.17, 15) is 21.6 Å². The van der Waals surface area contributed by atoms with Gasteiger partial charge in [0.25, 0.3) is 5.82 Å². The summed E-state index contributed by atoms with van der Waals surface area (Å²) >= 11 is 0. The first-order chi connectivity index (χ1) is 12.9. The molecule has 0 saturated carbocycles. The molecule has 1 unspecified atom stereocenters. The third kappa shape index (κ3) is 3.64. The van der Waals surface area contributed by atoms with Crippen molar-refractivity contribution in [2.24, 2.45) is 5.14 Å². The molecule has 0 amide bonds. The second kappa shape index (κ2) is 6.71. The molecule has 12 heteroatoms. The van der Waals surface area contributed by atoms with E-state index in [1.165, 1.54) is 18.2 Å². The third-order valence-corrected chi connectivity index (χ3v) is 5.30. The average Bonchev–Trinajstić information content (AvgIpc) is 3.03. The van der Waals surface area contributed by atoms with Crippen molar-refractivity contribution in [1.29, 1.82) is 0 Å². The maximum atomic E-state index is 13.1. The number of hydrogen-bond acceptors (Lipinski definition) is 6. The molecule has 8 nitrogen and oxygen atoms in total. The van der Waals surface area contributed by atoms with Crippen LogP contribution in [0.15, 0.2) is 29.2 Å². The fourth-order valence-electron chi connectivity index (χ4n) is 2.69. The van der Waals surface area contributed by atoms with Gasteiger partial charge in [0, 0.05) is 5.56 Å². The molecule has 0 aliphatic carbocycles. The lowest BCUT2D eigenvalue weighted by Gasteiger charge is -2.18. The normalized spacial score (nSPS) is 13.7. The minimum absolute atomic E-state index is 0.0132. The van der Waals surface area contributed by atoms with Crippen LogP contribution in [0.4, 0.5) is 19.0 Å². The molecule has 0 aliphatic rings. The van der Waals surface area contributed by atoms with Crippen LogP contribution in [0.25, 0.3) is 5.65 Å². The summed E-state index contributed by atoms with van der Waals surface area (Å²) in [7, 11) is -3.88. The molecular formula is C16H17F3N6O2S. The summed E-state index contributed by atoms with van der Waals surface area (Å²) in [6.45, 7) is 5.04. The first kappa shape index (κ1) is 20.0. The van der Waals surface area contributed by atoms with Crippen LogP contribution < -0.4 is 10.5 Å². The lowest BCUT2D eigenvalue weighted by Crippen LogP contribution is -2.17. The molecule has 3 N–H and O–H groups in total. The largest absolute Gasteiger partial charge is 0.453 e. The zero-order valence-electron chi connectivity index (χ0n) is 15.1. The summed E-state index contributed by atoms with van der Waals surface area (Å²) in [5, 5.41) is 19.0. The topological polar surface area (TPSA) is 115 Å². The van der Waals surface area contributed by atoms with Crippen molar-refractivity contribution < 1.29 is 21.6 Å². The van der Waals surface area contributed by atoms with Gasteiger partial charge in [0.15, 0.2) is 11.5 Å². The Morgan fingerprint density at radius 2 is 1.86 bits per heavy atom. The van der Waals surface area contributed by atoms with Gasteiger partial charge in [-0.15, -0.1) is 15.3 Å². The lowest BCUT2D eigenvalue weighted by molar-refractivity contribution is -0.146. The van der Waals surface area contributed by atoms with Crippen LogP contribution in [-0.4, -0.2) is 28.2 Å². The Kier molecular flexibility index (Phi) is 4.79. The Morgan fingerprint density at radius 1 is 1.18 bits per heavy atom. The molecule has 0 radical (unpaired) electrons. The highest BCUT2D eigenvalue weighted by Gasteiger charge is 2.38. The van der Waals surface area contributed by atoms with Gasteiger partial charge in [-0.2, -0.15) is 17.7 Å². The van der Waals surface area contributed by atoms with Gasteiger partial charge in [0.2, 0.25) is 10.0 Å². The minimum atomic E-state index is -4.71. The van der Waals surface area contributed by atoms with Crippen molar-refractivity contribution in [3.05, 3.63) is 46.8 Å². The number of fused-ring (bicyclic) bond motifs is 1. The summed E-state index contributed by atoms with van der Waals surface area (Å²) < 4.78 is 63.2. The van der Waals surface area contributed by atoms with E-state index in [4.69, 9.17) is 5.14 Å². The number of hydrogen-bond donors (Lipinski definition) is 2. The minimum Gasteiger partial charge on any atom is -0.362 e. The number of aryl methyl sites for hydroxylation is 1. The van der Waals surface area contributed by atoms with Gasteiger partial charge in [-0.1, -0.05) is 12.1 Å². The van der Waals surface area contributed by atoms with Crippen LogP contribution in [0, 0.1) is 13.8 Å². The maximum Gasteiger partial charge on any atom is 0.453 e. The molecule has 0 spiro atoms. The smallest absolute Gasteiger partial charge is 0.362 e. The fraction of sp³-hybridized carbons (Fsp3) is 0.312. The predicted molar refractivity (Wildman–Crippen MR) is 95.1 cm³/mol. The predicted octanol–water partition coefficient (Wildman–Crippen LogP) is 2.58. The average molecular weight is 414 g/mol. The summed E-state index contributed by atoms with van der Waals surface area (Å²) in [5.74, 6) is -1.03. The van der Waals surface area contributed by atoms with Crippen molar-refractivity contribution in [2.45, 2.75) is 37.9 Å². The zero-order chi connectivity index (χ0) is 20.9. The Labute approximate surface area is 158 Å². The second-order valence-electron chi connectivity index (χ2n) is 6.34. The van der Waals surface area contributed by atoms with Gasteiger partial charge < -0.3 is 5.32 Å². The number of nitrogens with two attached hydrogens (primary N) is 1. The van der Waals surface area contributed by atoms with Crippen LogP contribution in [0.1, 0.15) is 35.5 Å². The van der Waals surface area contributed by atoms with Gasteiger partial charge in [-0.05, 0) is 44.0 Å². The van der Waals surface area contributed by atoms with Crippen molar-refractivity contribution in [1.82, 2.24) is 19.8 Å². The number of rotatable bonds is 4. The number of alkyl halides is 3. The van der Waals surface area contributed by atoms with Gasteiger partial charge in [0.1, 0.15) is 0 Å². The lowest BCUT2D eigenvalue weighted by atomic mass is 10.1. The van der Waals surface area contributed by atoms with Crippen LogP contribution in [0.3, 0.4) is 0 Å². The van der Waals surface area contributed by atoms with E-state index >= 15 is 0 Å². The van der Waals surface area contributed by atoms with Gasteiger partial charge in [0.05, 0.1) is 10.9 Å². The fourth-order valence-corrected chi connectivity index (χ4v) is 3.26. The maximum absolute atomic E-state index is 13.1. The van der Waals surface area contributed by atoms with Crippen LogP contribution in [0.2, 0.25) is 0 Å². The summed E-state index contributed by atoms with van der Waals surface area (Å²) in [6.07, 6.45) is -4.71. The third-order valence-electron chi connectivity index (χ3n) is 4.39. The summed E-state index contributed by atoms with van der Waals surface area (Å²) in [6, 6.07) is 5.50. The summed E-state index contributed by atoms with van der Waals surface area (Å²) in [5.41, 5.74) is 1.68. The van der Waals surface area contributed by atoms with E-state index in [2.05, 4.69) is 20.6 Å². The Bertz CT molecular complexity index is 1160. The van der Waals surface area contributed by atoms with Crippen LogP contribution in [0.5, 0.6) is 0 Å². The van der Waals surface area contributed by atoms with Crippen LogP contribution in [-0.2, 0) is 16.2 Å². The standard InChI is InChI=1S/C16H17F3N6O2S/c1-8-9(2)14-22-23-15(16(17,18)19)25(14)24-13(8)21-10(3)11-5-4-6-12(7-11)28(20,26)27/h4-7,10H,1-3H3,(H,21,24)(H2,20,26,27). The first-order valence-corrected chi connectivity index (χ1v) is 9.63. The zero-order valence-corrected chi connectivity index (χ0v) is 15.9. The Hall–Kier alpha value is -2.73. The van der Waals surface area contributed by atoms with Gasteiger partial charge in [-0.25, -0.2) is 13.6 Å². The van der Waals surface area contributed by atoms with E-state index in [0.717, 1.165) is 0 Å². The Morgan fingerprint density at radius 3 is 2.46 bits per heavy atom. The van der Waals surface area contributed by atoms with E-state index in [0.29, 0.717) is 21.2 Å². The first-order valence-electron chi connectivity index (χ1n) is 8.08. The van der Waals surface area contributed by atoms with Gasteiger partial charge >= 0.3 is 6.18 Å². The quantitative estimate of drug-likeness (QED) is 0.678. The molecule has 2 aromatic heterocycles. The molecule has 0 aliphatic heterocycles. The van der Waals surface area contributed by atoms with E-state index in [1.54, 1.807) is 26.8 Å². The molecule has 0 fully saturated rings. The number of halogens is 3. The molecule has 2 heterocycles. The molecule has 1 aromatic carbocycles. The van der Waals surface area contributed by atoms with Crippen molar-refractivity contribution in [2.75, 3.05) is 5.32 Å². The van der Waals surface area contributed by atoms with E-state index in [-0.39, 0.29) is 16.4 Å². The van der Waals surface area contributed by atoms with E-state index < -0.39 is 28.1 Å². The number of benzene rings is 1. The van der Waals surface area contributed by atoms with Crippen molar-refractivity contribution >= 4 is 21.5 Å². The molecule has 150 valence electrons. The number of primary sulfonamides is 1. The highest BCUT2D eigenvalue weighted by Crippen LogP contribution is 2.30. The summed E-state index contributed by atoms with van der Waals surface area (Å²) in [4.78, 5) is -0.0619. The SMILES string of the molecule is Cc1c(NC(C)c2cccc(S(N)(=O)=O)c2)nn2c(C(F)(F)F)nnc2c1C. The molecule has 0 bridgehead atoms. The van der Waals surface area contributed by atoms with Gasteiger partial charge in [-0.3, -0.25) is 0 Å². The van der Waals surface area contributed by atoms with Crippen LogP contribution >= 0.6 is 0 Å².